The van der Waals surface area contributed by atoms with E-state index >= 15 is 0 Å². The van der Waals surface area contributed by atoms with Crippen molar-refractivity contribution in [2.75, 3.05) is 48.5 Å². The third kappa shape index (κ3) is 5.44. The summed E-state index contributed by atoms with van der Waals surface area (Å²) in [7, 11) is 9.10. The molecule has 1 N–H and O–H groups in total. The van der Waals surface area contributed by atoms with Crippen LogP contribution in [0, 0.1) is 0 Å². The van der Waals surface area contributed by atoms with Crippen LogP contribution in [0.15, 0.2) is 12.1 Å². The number of methoxy groups -OCH3 is 3. The van der Waals surface area contributed by atoms with E-state index < -0.39 is 0 Å². The Kier molecular flexibility index (Phi) is 7.93. The molecule has 120 valence electrons. The number of nitrogens with zero attached hydrogens (tertiary/aromatic N) is 1. The Morgan fingerprint density at radius 1 is 0.952 bits per heavy atom. The molecule has 5 heteroatoms. The predicted molar refractivity (Wildman–Crippen MR) is 85.6 cm³/mol. The zero-order valence-corrected chi connectivity index (χ0v) is 13.9. The van der Waals surface area contributed by atoms with Gasteiger partial charge in [-0.1, -0.05) is 6.07 Å². The van der Waals surface area contributed by atoms with E-state index in [1.54, 1.807) is 21.3 Å². The van der Waals surface area contributed by atoms with Crippen LogP contribution in [-0.4, -0.2) is 53.4 Å². The van der Waals surface area contributed by atoms with Gasteiger partial charge in [-0.05, 0) is 46.1 Å². The molecule has 0 heterocycles. The number of hydrogen-bond acceptors (Lipinski definition) is 5. The fourth-order valence-corrected chi connectivity index (χ4v) is 2.20. The first-order valence-corrected chi connectivity index (χ1v) is 7.27. The third-order valence-electron chi connectivity index (χ3n) is 3.31. The second-order valence-corrected chi connectivity index (χ2v) is 5.18. The first-order chi connectivity index (χ1) is 10.1. The molecule has 0 aliphatic carbocycles. The SMILES string of the molecule is COc1ccc(CNCCCCN(C)C)c(OC)c1OC. The topological polar surface area (TPSA) is 43.0 Å². The molecule has 1 aromatic carbocycles. The molecule has 1 aromatic rings. The van der Waals surface area contributed by atoms with Crippen molar-refractivity contribution in [3.05, 3.63) is 17.7 Å². The van der Waals surface area contributed by atoms with Gasteiger partial charge in [0, 0.05) is 12.1 Å². The minimum absolute atomic E-state index is 0.645. The minimum Gasteiger partial charge on any atom is -0.493 e. The third-order valence-corrected chi connectivity index (χ3v) is 3.31. The first kappa shape index (κ1) is 17.6. The molecule has 1 rings (SSSR count). The van der Waals surface area contributed by atoms with Crippen LogP contribution in [0.5, 0.6) is 17.2 Å². The largest absolute Gasteiger partial charge is 0.493 e. The molecule has 0 aliphatic rings. The van der Waals surface area contributed by atoms with Gasteiger partial charge in [0.2, 0.25) is 5.75 Å². The smallest absolute Gasteiger partial charge is 0.203 e. The number of rotatable bonds is 10. The summed E-state index contributed by atoms with van der Waals surface area (Å²) >= 11 is 0. The van der Waals surface area contributed by atoms with Gasteiger partial charge in [-0.15, -0.1) is 0 Å². The predicted octanol–water partition coefficient (Wildman–Crippen LogP) is 2.14. The molecule has 0 unspecified atom stereocenters. The van der Waals surface area contributed by atoms with Gasteiger partial charge in [0.1, 0.15) is 0 Å². The lowest BCUT2D eigenvalue weighted by molar-refractivity contribution is 0.321. The fourth-order valence-electron chi connectivity index (χ4n) is 2.20. The van der Waals surface area contributed by atoms with Crippen LogP contribution >= 0.6 is 0 Å². The van der Waals surface area contributed by atoms with E-state index in [2.05, 4.69) is 24.3 Å². The van der Waals surface area contributed by atoms with Crippen LogP contribution in [0.3, 0.4) is 0 Å². The van der Waals surface area contributed by atoms with Crippen LogP contribution in [0.1, 0.15) is 18.4 Å². The van der Waals surface area contributed by atoms with E-state index in [4.69, 9.17) is 14.2 Å². The highest BCUT2D eigenvalue weighted by Crippen LogP contribution is 2.39. The second kappa shape index (κ2) is 9.47. The molecule has 0 aliphatic heterocycles. The summed E-state index contributed by atoms with van der Waals surface area (Å²) in [5, 5.41) is 3.44. The van der Waals surface area contributed by atoms with Crippen molar-refractivity contribution in [3.8, 4) is 17.2 Å². The summed E-state index contributed by atoms with van der Waals surface area (Å²) in [6.45, 7) is 2.87. The summed E-state index contributed by atoms with van der Waals surface area (Å²) in [6, 6.07) is 3.91. The number of hydrogen-bond donors (Lipinski definition) is 1. The van der Waals surface area contributed by atoms with E-state index in [0.717, 1.165) is 37.4 Å². The highest BCUT2D eigenvalue weighted by molar-refractivity contribution is 5.55. The molecular formula is C16H28N2O3. The maximum Gasteiger partial charge on any atom is 0.203 e. The van der Waals surface area contributed by atoms with E-state index in [1.807, 2.05) is 12.1 Å². The molecule has 0 radical (unpaired) electrons. The van der Waals surface area contributed by atoms with Crippen molar-refractivity contribution in [2.45, 2.75) is 19.4 Å². The van der Waals surface area contributed by atoms with Crippen LogP contribution in [0.4, 0.5) is 0 Å². The first-order valence-electron chi connectivity index (χ1n) is 7.27. The molecule has 0 bridgehead atoms. The number of ether oxygens (including phenoxy) is 3. The number of nitrogens with one attached hydrogen (secondary N) is 1. The highest BCUT2D eigenvalue weighted by Gasteiger charge is 2.15. The summed E-state index contributed by atoms with van der Waals surface area (Å²) in [5.74, 6) is 2.06. The van der Waals surface area contributed by atoms with Gasteiger partial charge in [0.15, 0.2) is 11.5 Å². The number of benzene rings is 1. The summed E-state index contributed by atoms with van der Waals surface area (Å²) in [4.78, 5) is 2.21. The lowest BCUT2D eigenvalue weighted by Crippen LogP contribution is -2.18. The summed E-state index contributed by atoms with van der Waals surface area (Å²) in [5.41, 5.74) is 1.07. The Hall–Kier alpha value is -1.46. The van der Waals surface area contributed by atoms with Crippen molar-refractivity contribution in [2.24, 2.45) is 0 Å². The molecule has 0 spiro atoms. The van der Waals surface area contributed by atoms with Crippen molar-refractivity contribution in [1.82, 2.24) is 10.2 Å². The Bertz CT molecular complexity index is 422. The van der Waals surface area contributed by atoms with Crippen LogP contribution in [-0.2, 0) is 6.54 Å². The van der Waals surface area contributed by atoms with Crippen molar-refractivity contribution in [3.63, 3.8) is 0 Å². The number of unbranched alkanes of at least 4 members (excludes halogenated alkanes) is 1. The van der Waals surface area contributed by atoms with Gasteiger partial charge >= 0.3 is 0 Å². The maximum absolute atomic E-state index is 5.47. The Morgan fingerprint density at radius 3 is 2.24 bits per heavy atom. The van der Waals surface area contributed by atoms with Crippen LogP contribution < -0.4 is 19.5 Å². The normalized spacial score (nSPS) is 10.8. The maximum atomic E-state index is 5.47. The molecule has 5 nitrogen and oxygen atoms in total. The van der Waals surface area contributed by atoms with Crippen LogP contribution in [0.25, 0.3) is 0 Å². The lowest BCUT2D eigenvalue weighted by Gasteiger charge is -2.16. The standard InChI is InChI=1S/C16H28N2O3/c1-18(2)11-7-6-10-17-12-13-8-9-14(19-3)16(21-5)15(13)20-4/h8-9,17H,6-7,10-12H2,1-5H3. The molecule has 0 aromatic heterocycles. The minimum atomic E-state index is 0.645. The van der Waals surface area contributed by atoms with Gasteiger partial charge < -0.3 is 24.4 Å². The monoisotopic (exact) mass is 296 g/mol. The molecule has 0 atom stereocenters. The van der Waals surface area contributed by atoms with Crippen molar-refractivity contribution < 1.29 is 14.2 Å². The molecule has 0 fully saturated rings. The second-order valence-electron chi connectivity index (χ2n) is 5.18. The lowest BCUT2D eigenvalue weighted by atomic mass is 10.1. The van der Waals surface area contributed by atoms with Gasteiger partial charge in [-0.3, -0.25) is 0 Å². The van der Waals surface area contributed by atoms with Crippen molar-refractivity contribution in [1.29, 1.82) is 0 Å². The zero-order chi connectivity index (χ0) is 15.7. The molecular weight excluding hydrogens is 268 g/mol. The van der Waals surface area contributed by atoms with Gasteiger partial charge in [0.05, 0.1) is 21.3 Å². The van der Waals surface area contributed by atoms with E-state index in [1.165, 1.54) is 6.42 Å². The summed E-state index contributed by atoms with van der Waals surface area (Å²) in [6.07, 6.45) is 2.36. The zero-order valence-electron chi connectivity index (χ0n) is 13.9. The van der Waals surface area contributed by atoms with Crippen LogP contribution in [0.2, 0.25) is 0 Å². The fraction of sp³-hybridized carbons (Fsp3) is 0.625. The van der Waals surface area contributed by atoms with Gasteiger partial charge in [0.25, 0.3) is 0 Å². The Labute approximate surface area is 128 Å². The average Bonchev–Trinajstić information content (AvgIpc) is 2.49. The van der Waals surface area contributed by atoms with Gasteiger partial charge in [-0.2, -0.15) is 0 Å². The molecule has 0 amide bonds. The quantitative estimate of drug-likeness (QED) is 0.670. The highest BCUT2D eigenvalue weighted by atomic mass is 16.5. The average molecular weight is 296 g/mol. The van der Waals surface area contributed by atoms with Crippen molar-refractivity contribution >= 4 is 0 Å². The molecule has 0 saturated heterocycles. The Morgan fingerprint density at radius 2 is 1.67 bits per heavy atom. The van der Waals surface area contributed by atoms with E-state index in [0.29, 0.717) is 11.5 Å². The van der Waals surface area contributed by atoms with Gasteiger partial charge in [-0.25, -0.2) is 0 Å². The molecule has 0 saturated carbocycles. The van der Waals surface area contributed by atoms with E-state index in [9.17, 15) is 0 Å². The van der Waals surface area contributed by atoms with E-state index in [-0.39, 0.29) is 0 Å². The molecule has 21 heavy (non-hydrogen) atoms. The Balaban J connectivity index is 2.55. The summed E-state index contributed by atoms with van der Waals surface area (Å²) < 4.78 is 16.1.